The Morgan fingerprint density at radius 3 is 2.44 bits per heavy atom. The molecular weight excluding hydrogens is 224 g/mol. The van der Waals surface area contributed by atoms with Gasteiger partial charge >= 0.3 is 0 Å². The van der Waals surface area contributed by atoms with Gasteiger partial charge in [-0.3, -0.25) is 4.79 Å². The Morgan fingerprint density at radius 1 is 1.25 bits per heavy atom. The molecule has 0 saturated carbocycles. The van der Waals surface area contributed by atoms with Crippen molar-refractivity contribution in [3.8, 4) is 0 Å². The second-order valence-electron chi connectivity index (χ2n) is 4.03. The summed E-state index contributed by atoms with van der Waals surface area (Å²) in [5, 5.41) is 2.98. The van der Waals surface area contributed by atoms with Crippen LogP contribution in [0.2, 0.25) is 0 Å². The number of unbranched alkanes of at least 4 members (excludes halogenated alkanes) is 2. The first kappa shape index (κ1) is 18.1. The summed E-state index contributed by atoms with van der Waals surface area (Å²) in [6.07, 6.45) is 6.27. The molecule has 0 aliphatic carbocycles. The molecule has 1 unspecified atom stereocenters. The summed E-state index contributed by atoms with van der Waals surface area (Å²) in [7, 11) is 0. The van der Waals surface area contributed by atoms with Crippen molar-refractivity contribution in [2.24, 2.45) is 11.7 Å². The normalized spacial score (nSPS) is 11.7. The lowest BCUT2D eigenvalue weighted by Crippen LogP contribution is -2.31. The molecular formula is C12H27ClN2O. The molecule has 0 radical (unpaired) electrons. The molecule has 3 N–H and O–H groups in total. The van der Waals surface area contributed by atoms with E-state index in [1.165, 1.54) is 0 Å². The highest BCUT2D eigenvalue weighted by Gasteiger charge is 2.14. The van der Waals surface area contributed by atoms with Crippen molar-refractivity contribution in [3.05, 3.63) is 0 Å². The molecule has 0 saturated heterocycles. The third-order valence-electron chi connectivity index (χ3n) is 2.70. The van der Waals surface area contributed by atoms with Crippen LogP contribution in [-0.2, 0) is 4.79 Å². The minimum absolute atomic E-state index is 0. The van der Waals surface area contributed by atoms with E-state index < -0.39 is 0 Å². The zero-order valence-corrected chi connectivity index (χ0v) is 11.4. The van der Waals surface area contributed by atoms with Crippen molar-refractivity contribution in [2.45, 2.75) is 52.4 Å². The smallest absolute Gasteiger partial charge is 0.223 e. The van der Waals surface area contributed by atoms with E-state index in [1.807, 2.05) is 0 Å². The number of amides is 1. The Bertz CT molecular complexity index is 165. The summed E-state index contributed by atoms with van der Waals surface area (Å²) in [5.41, 5.74) is 5.38. The fourth-order valence-electron chi connectivity index (χ4n) is 1.60. The SMILES string of the molecule is CCCCC(CC)C(=O)NCCCCN.Cl. The minimum atomic E-state index is 0. The third kappa shape index (κ3) is 8.98. The number of carbonyl (C=O) groups excluding carboxylic acids is 1. The van der Waals surface area contributed by atoms with Gasteiger partial charge in [-0.05, 0) is 32.2 Å². The maximum absolute atomic E-state index is 11.7. The van der Waals surface area contributed by atoms with E-state index in [2.05, 4.69) is 19.2 Å². The number of halogens is 1. The van der Waals surface area contributed by atoms with Crippen LogP contribution in [0.25, 0.3) is 0 Å². The fraction of sp³-hybridized carbons (Fsp3) is 0.917. The lowest BCUT2D eigenvalue weighted by atomic mass is 9.98. The molecule has 0 bridgehead atoms. The topological polar surface area (TPSA) is 55.1 Å². The van der Waals surface area contributed by atoms with Crippen LogP contribution in [0.3, 0.4) is 0 Å². The van der Waals surface area contributed by atoms with Crippen LogP contribution in [-0.4, -0.2) is 19.0 Å². The van der Waals surface area contributed by atoms with Crippen LogP contribution in [0.15, 0.2) is 0 Å². The average Bonchev–Trinajstić information content (AvgIpc) is 2.25. The van der Waals surface area contributed by atoms with E-state index in [4.69, 9.17) is 5.73 Å². The van der Waals surface area contributed by atoms with Crippen LogP contribution in [0.4, 0.5) is 0 Å². The van der Waals surface area contributed by atoms with Crippen molar-refractivity contribution in [2.75, 3.05) is 13.1 Å². The number of rotatable bonds is 9. The molecule has 0 aromatic rings. The first-order valence-corrected chi connectivity index (χ1v) is 6.24. The molecule has 1 atom stereocenters. The molecule has 0 heterocycles. The van der Waals surface area contributed by atoms with Gasteiger partial charge < -0.3 is 11.1 Å². The van der Waals surface area contributed by atoms with E-state index in [0.717, 1.165) is 45.1 Å². The van der Waals surface area contributed by atoms with Gasteiger partial charge in [0.05, 0.1) is 0 Å². The maximum atomic E-state index is 11.7. The van der Waals surface area contributed by atoms with Gasteiger partial charge in [0.2, 0.25) is 5.91 Å². The van der Waals surface area contributed by atoms with Crippen LogP contribution < -0.4 is 11.1 Å². The van der Waals surface area contributed by atoms with Gasteiger partial charge in [0.15, 0.2) is 0 Å². The highest BCUT2D eigenvalue weighted by atomic mass is 35.5. The van der Waals surface area contributed by atoms with Gasteiger partial charge in [-0.1, -0.05) is 26.7 Å². The van der Waals surface area contributed by atoms with Crippen LogP contribution in [0, 0.1) is 5.92 Å². The standard InChI is InChI=1S/C12H26N2O.ClH/c1-3-5-8-11(4-2)12(15)14-10-7-6-9-13;/h11H,3-10,13H2,1-2H3,(H,14,15);1H. The second-order valence-corrected chi connectivity index (χ2v) is 4.03. The van der Waals surface area contributed by atoms with E-state index >= 15 is 0 Å². The summed E-state index contributed by atoms with van der Waals surface area (Å²) in [6.45, 7) is 5.73. The van der Waals surface area contributed by atoms with Crippen molar-refractivity contribution >= 4 is 18.3 Å². The molecule has 0 spiro atoms. The zero-order chi connectivity index (χ0) is 11.5. The Morgan fingerprint density at radius 2 is 1.94 bits per heavy atom. The molecule has 4 heteroatoms. The Hall–Kier alpha value is -0.280. The number of nitrogens with one attached hydrogen (secondary N) is 1. The predicted molar refractivity (Wildman–Crippen MR) is 71.9 cm³/mol. The highest BCUT2D eigenvalue weighted by Crippen LogP contribution is 2.12. The third-order valence-corrected chi connectivity index (χ3v) is 2.70. The molecule has 0 aromatic carbocycles. The Labute approximate surface area is 106 Å². The van der Waals surface area contributed by atoms with Crippen LogP contribution in [0.1, 0.15) is 52.4 Å². The monoisotopic (exact) mass is 250 g/mol. The first-order valence-electron chi connectivity index (χ1n) is 6.24. The Kier molecular flexibility index (Phi) is 14.5. The molecule has 0 aromatic heterocycles. The summed E-state index contributed by atoms with van der Waals surface area (Å²) in [5.74, 6) is 0.436. The molecule has 3 nitrogen and oxygen atoms in total. The van der Waals surface area contributed by atoms with Gasteiger partial charge in [-0.25, -0.2) is 0 Å². The first-order chi connectivity index (χ1) is 7.26. The lowest BCUT2D eigenvalue weighted by molar-refractivity contribution is -0.125. The molecule has 1 amide bonds. The Balaban J connectivity index is 0. The lowest BCUT2D eigenvalue weighted by Gasteiger charge is -2.14. The molecule has 0 fully saturated rings. The largest absolute Gasteiger partial charge is 0.356 e. The van der Waals surface area contributed by atoms with Gasteiger partial charge in [0.25, 0.3) is 0 Å². The number of hydrogen-bond acceptors (Lipinski definition) is 2. The number of nitrogens with two attached hydrogens (primary N) is 1. The van der Waals surface area contributed by atoms with E-state index in [0.29, 0.717) is 6.54 Å². The van der Waals surface area contributed by atoms with Gasteiger partial charge in [-0.2, -0.15) is 0 Å². The van der Waals surface area contributed by atoms with Crippen molar-refractivity contribution < 1.29 is 4.79 Å². The van der Waals surface area contributed by atoms with Crippen LogP contribution in [0.5, 0.6) is 0 Å². The highest BCUT2D eigenvalue weighted by molar-refractivity contribution is 5.85. The van der Waals surface area contributed by atoms with E-state index in [-0.39, 0.29) is 24.2 Å². The molecule has 0 aliphatic heterocycles. The van der Waals surface area contributed by atoms with Gasteiger partial charge in [-0.15, -0.1) is 12.4 Å². The quantitative estimate of drug-likeness (QED) is 0.618. The molecule has 98 valence electrons. The van der Waals surface area contributed by atoms with Gasteiger partial charge in [0, 0.05) is 12.5 Å². The van der Waals surface area contributed by atoms with Crippen molar-refractivity contribution in [3.63, 3.8) is 0 Å². The summed E-state index contributed by atoms with van der Waals surface area (Å²) in [4.78, 5) is 11.7. The average molecular weight is 251 g/mol. The second kappa shape index (κ2) is 12.8. The summed E-state index contributed by atoms with van der Waals surface area (Å²) >= 11 is 0. The minimum Gasteiger partial charge on any atom is -0.356 e. The van der Waals surface area contributed by atoms with Gasteiger partial charge in [0.1, 0.15) is 0 Å². The van der Waals surface area contributed by atoms with Crippen molar-refractivity contribution in [1.82, 2.24) is 5.32 Å². The summed E-state index contributed by atoms with van der Waals surface area (Å²) in [6, 6.07) is 0. The van der Waals surface area contributed by atoms with E-state index in [9.17, 15) is 4.79 Å². The fourth-order valence-corrected chi connectivity index (χ4v) is 1.60. The molecule has 0 aliphatic rings. The summed E-state index contributed by atoms with van der Waals surface area (Å²) < 4.78 is 0. The van der Waals surface area contributed by atoms with Crippen LogP contribution >= 0.6 is 12.4 Å². The zero-order valence-electron chi connectivity index (χ0n) is 10.6. The molecule has 16 heavy (non-hydrogen) atoms. The number of carbonyl (C=O) groups is 1. The molecule has 0 rings (SSSR count). The number of hydrogen-bond donors (Lipinski definition) is 2. The van der Waals surface area contributed by atoms with E-state index in [1.54, 1.807) is 0 Å². The van der Waals surface area contributed by atoms with Crippen molar-refractivity contribution in [1.29, 1.82) is 0 Å². The maximum Gasteiger partial charge on any atom is 0.223 e. The predicted octanol–water partition coefficient (Wildman–Crippen LogP) is 2.48.